The summed E-state index contributed by atoms with van der Waals surface area (Å²) in [7, 11) is 2.08. The monoisotopic (exact) mass is 156 g/mol. The molecule has 0 saturated heterocycles. The van der Waals surface area contributed by atoms with E-state index >= 15 is 0 Å². The van der Waals surface area contributed by atoms with Gasteiger partial charge in [-0.2, -0.15) is 0 Å². The van der Waals surface area contributed by atoms with Gasteiger partial charge in [0.15, 0.2) is 0 Å². The van der Waals surface area contributed by atoms with E-state index in [4.69, 9.17) is 0 Å². The molecule has 0 amide bonds. The molecule has 3 heteroatoms. The summed E-state index contributed by atoms with van der Waals surface area (Å²) in [6, 6.07) is 8.36. The van der Waals surface area contributed by atoms with E-state index in [0.29, 0.717) is 0 Å². The van der Waals surface area contributed by atoms with E-state index in [1.807, 2.05) is 6.20 Å². The second-order valence-corrected chi connectivity index (χ2v) is 2.83. The third-order valence-electron chi connectivity index (χ3n) is 1.86. The first kappa shape index (κ1) is 7.16. The summed E-state index contributed by atoms with van der Waals surface area (Å²) in [5.41, 5.74) is 3.52. The van der Waals surface area contributed by atoms with E-state index in [1.54, 1.807) is 6.33 Å². The molecule has 0 bridgehead atoms. The predicted octanol–water partition coefficient (Wildman–Crippen LogP) is 0.335. The Morgan fingerprint density at radius 3 is 2.50 bits per heavy atom. The maximum atomic E-state index is 3.97. The summed E-state index contributed by atoms with van der Waals surface area (Å²) in [4.78, 5) is 7.03. The van der Waals surface area contributed by atoms with Crippen molar-refractivity contribution in [3.05, 3.63) is 36.8 Å². The molecule has 0 fully saturated rings. The Labute approximate surface area is 72.1 Å². The van der Waals surface area contributed by atoms with Crippen molar-refractivity contribution in [2.75, 3.05) is 0 Å². The zero-order valence-electron chi connectivity index (χ0n) is 6.91. The molecule has 58 valence electrons. The second-order valence-electron chi connectivity index (χ2n) is 2.83. The molecule has 0 aliphatic heterocycles. The molecule has 0 aliphatic rings. The molecule has 0 aliphatic carbocycles. The second kappa shape index (κ2) is 2.85. The minimum atomic E-state index is 1.06. The van der Waals surface area contributed by atoms with Crippen molar-refractivity contribution in [2.45, 2.75) is 0 Å². The molecule has 1 heterocycles. The van der Waals surface area contributed by atoms with Gasteiger partial charge in [0.2, 0.25) is 0 Å². The highest BCUT2D eigenvalue weighted by Gasteiger charge is 1.95. The fraction of sp³-hybridized carbons (Fsp3) is 0. The number of hydrogen-bond acceptors (Lipinski definition) is 1. The molecular weight excluding hydrogens is 147 g/mol. The van der Waals surface area contributed by atoms with Gasteiger partial charge in [0.25, 0.3) is 0 Å². The van der Waals surface area contributed by atoms with E-state index in [-0.39, 0.29) is 0 Å². The van der Waals surface area contributed by atoms with Crippen molar-refractivity contribution in [1.29, 1.82) is 0 Å². The van der Waals surface area contributed by atoms with Crippen molar-refractivity contribution in [1.82, 2.24) is 9.97 Å². The molecular formula is C9H9BN2. The molecule has 0 spiro atoms. The highest BCUT2D eigenvalue weighted by Crippen LogP contribution is 2.12. The van der Waals surface area contributed by atoms with Crippen molar-refractivity contribution >= 4 is 13.3 Å². The molecule has 2 aromatic rings. The van der Waals surface area contributed by atoms with Crippen LogP contribution >= 0.6 is 0 Å². The average Bonchev–Trinajstić information content (AvgIpc) is 2.58. The fourth-order valence-corrected chi connectivity index (χ4v) is 1.15. The summed E-state index contributed by atoms with van der Waals surface area (Å²) < 4.78 is 0. The Kier molecular flexibility index (Phi) is 1.70. The van der Waals surface area contributed by atoms with E-state index in [1.165, 1.54) is 11.0 Å². The Morgan fingerprint density at radius 2 is 1.92 bits per heavy atom. The van der Waals surface area contributed by atoms with Gasteiger partial charge in [-0.1, -0.05) is 29.7 Å². The van der Waals surface area contributed by atoms with E-state index < -0.39 is 0 Å². The van der Waals surface area contributed by atoms with Gasteiger partial charge < -0.3 is 4.98 Å². The van der Waals surface area contributed by atoms with E-state index in [9.17, 15) is 0 Å². The molecule has 1 N–H and O–H groups in total. The largest absolute Gasteiger partial charge is 0.345 e. The van der Waals surface area contributed by atoms with Crippen molar-refractivity contribution in [2.24, 2.45) is 0 Å². The number of rotatable bonds is 1. The molecule has 2 rings (SSSR count). The highest BCUT2D eigenvalue weighted by molar-refractivity contribution is 6.32. The summed E-state index contributed by atoms with van der Waals surface area (Å²) in [5, 5.41) is 0. The van der Waals surface area contributed by atoms with Crippen molar-refractivity contribution < 1.29 is 0 Å². The Morgan fingerprint density at radius 1 is 1.17 bits per heavy atom. The summed E-state index contributed by atoms with van der Waals surface area (Å²) in [6.07, 6.45) is 3.51. The fourth-order valence-electron chi connectivity index (χ4n) is 1.15. The maximum Gasteiger partial charge on any atom is 0.139 e. The standard InChI is InChI=1S/C9H9BN2/c10-8-3-1-7(2-4-8)9-5-11-6-12-9/h1-6H,10H2,(H,11,12). The van der Waals surface area contributed by atoms with Gasteiger partial charge in [-0.25, -0.2) is 4.98 Å². The average molecular weight is 156 g/mol. The highest BCUT2D eigenvalue weighted by atomic mass is 14.9. The van der Waals surface area contributed by atoms with Crippen LogP contribution in [0.2, 0.25) is 0 Å². The van der Waals surface area contributed by atoms with E-state index in [0.717, 1.165) is 5.69 Å². The SMILES string of the molecule is Bc1ccc(-c2cnc[nH]2)cc1. The van der Waals surface area contributed by atoms with Crippen LogP contribution in [0.25, 0.3) is 11.3 Å². The Bertz CT molecular complexity index is 351. The van der Waals surface area contributed by atoms with Crippen LogP contribution in [0.5, 0.6) is 0 Å². The third kappa shape index (κ3) is 1.26. The number of aromatic nitrogens is 2. The van der Waals surface area contributed by atoms with Gasteiger partial charge in [-0.15, -0.1) is 0 Å². The lowest BCUT2D eigenvalue weighted by Gasteiger charge is -1.96. The van der Waals surface area contributed by atoms with Gasteiger partial charge in [0, 0.05) is 0 Å². The van der Waals surface area contributed by atoms with Crippen LogP contribution in [0.15, 0.2) is 36.8 Å². The lowest BCUT2D eigenvalue weighted by molar-refractivity contribution is 1.31. The van der Waals surface area contributed by atoms with Gasteiger partial charge in [0.05, 0.1) is 18.2 Å². The minimum Gasteiger partial charge on any atom is -0.345 e. The molecule has 1 aromatic heterocycles. The van der Waals surface area contributed by atoms with Crippen molar-refractivity contribution in [3.8, 4) is 11.3 Å². The van der Waals surface area contributed by atoms with Gasteiger partial charge in [-0.05, 0) is 5.56 Å². The van der Waals surface area contributed by atoms with Crippen LogP contribution in [0.3, 0.4) is 0 Å². The third-order valence-corrected chi connectivity index (χ3v) is 1.86. The van der Waals surface area contributed by atoms with Crippen LogP contribution in [0.1, 0.15) is 0 Å². The number of aromatic amines is 1. The predicted molar refractivity (Wildman–Crippen MR) is 52.2 cm³/mol. The van der Waals surface area contributed by atoms with Crippen molar-refractivity contribution in [3.63, 3.8) is 0 Å². The van der Waals surface area contributed by atoms with Gasteiger partial charge >= 0.3 is 0 Å². The van der Waals surface area contributed by atoms with Crippen LogP contribution in [0.4, 0.5) is 0 Å². The first-order chi connectivity index (χ1) is 5.86. The summed E-state index contributed by atoms with van der Waals surface area (Å²) >= 11 is 0. The topological polar surface area (TPSA) is 28.7 Å². The van der Waals surface area contributed by atoms with Crippen LogP contribution in [-0.2, 0) is 0 Å². The summed E-state index contributed by atoms with van der Waals surface area (Å²) in [5.74, 6) is 0. The molecule has 0 radical (unpaired) electrons. The number of nitrogens with one attached hydrogen (secondary N) is 1. The smallest absolute Gasteiger partial charge is 0.139 e. The van der Waals surface area contributed by atoms with Crippen LogP contribution in [0, 0.1) is 0 Å². The van der Waals surface area contributed by atoms with Gasteiger partial charge in [0.1, 0.15) is 7.85 Å². The molecule has 0 saturated carbocycles. The number of benzene rings is 1. The van der Waals surface area contributed by atoms with E-state index in [2.05, 4.69) is 42.1 Å². The number of nitrogens with zero attached hydrogens (tertiary/aromatic N) is 1. The quantitative estimate of drug-likeness (QED) is 0.592. The Balaban J connectivity index is 2.43. The lowest BCUT2D eigenvalue weighted by atomic mass is 9.95. The molecule has 12 heavy (non-hydrogen) atoms. The maximum absolute atomic E-state index is 3.97. The minimum absolute atomic E-state index is 1.06. The molecule has 1 aromatic carbocycles. The first-order valence-electron chi connectivity index (χ1n) is 3.92. The normalized spacial score (nSPS) is 10.0. The lowest BCUT2D eigenvalue weighted by Crippen LogP contribution is -1.99. The Hall–Kier alpha value is -1.51. The number of hydrogen-bond donors (Lipinski definition) is 1. The van der Waals surface area contributed by atoms with Gasteiger partial charge in [-0.3, -0.25) is 0 Å². The molecule has 2 nitrogen and oxygen atoms in total. The first-order valence-corrected chi connectivity index (χ1v) is 3.92. The molecule has 0 atom stereocenters. The number of imidazole rings is 1. The zero-order chi connectivity index (χ0) is 8.39. The van der Waals surface area contributed by atoms with Crippen LogP contribution in [-0.4, -0.2) is 17.8 Å². The van der Waals surface area contributed by atoms with Crippen LogP contribution < -0.4 is 5.46 Å². The number of H-pyrrole nitrogens is 1. The molecule has 0 unspecified atom stereocenters. The summed E-state index contributed by atoms with van der Waals surface area (Å²) in [6.45, 7) is 0. The zero-order valence-corrected chi connectivity index (χ0v) is 6.91.